The number of amidine groups is 1. The highest BCUT2D eigenvalue weighted by Crippen LogP contribution is 2.34. The Morgan fingerprint density at radius 1 is 1.28 bits per heavy atom. The summed E-state index contributed by atoms with van der Waals surface area (Å²) in [5.41, 5.74) is 1.67. The van der Waals surface area contributed by atoms with E-state index in [1.54, 1.807) is 24.3 Å². The van der Waals surface area contributed by atoms with Crippen LogP contribution in [0.2, 0.25) is 0 Å². The third-order valence-electron chi connectivity index (χ3n) is 4.71. The topological polar surface area (TPSA) is 176 Å². The first-order valence-electron chi connectivity index (χ1n) is 10.6. The standard InChI is InChI=1S/C20H26N4O4S2.CH4O4S/c1-12(2)24-13(3)17(19(27)22-10-9-16(25)28-4)30-20(24)23-18(26)14-5-7-15(8-6-14)29-11-21;1-5-6(2,3)4/h5-8,11-13,17,21H,9-10H2,1-4H3,(H,22,27);1H3,(H,2,3,4). The molecule has 1 aromatic carbocycles. The molecule has 0 spiro atoms. The fourth-order valence-electron chi connectivity index (χ4n) is 3.03. The van der Waals surface area contributed by atoms with E-state index < -0.39 is 15.6 Å². The van der Waals surface area contributed by atoms with Crippen molar-refractivity contribution in [2.24, 2.45) is 4.99 Å². The fourth-order valence-corrected chi connectivity index (χ4v) is 4.84. The molecule has 2 atom stereocenters. The van der Waals surface area contributed by atoms with E-state index in [4.69, 9.17) is 9.96 Å². The van der Waals surface area contributed by atoms with Crippen molar-refractivity contribution in [3.63, 3.8) is 0 Å². The van der Waals surface area contributed by atoms with Gasteiger partial charge in [-0.2, -0.15) is 13.4 Å². The minimum atomic E-state index is -4.16. The van der Waals surface area contributed by atoms with Crippen LogP contribution in [0, 0.1) is 5.41 Å². The van der Waals surface area contributed by atoms with Gasteiger partial charge >= 0.3 is 16.4 Å². The van der Waals surface area contributed by atoms with Gasteiger partial charge in [0.05, 0.1) is 26.2 Å². The predicted octanol–water partition coefficient (Wildman–Crippen LogP) is 2.21. The summed E-state index contributed by atoms with van der Waals surface area (Å²) in [4.78, 5) is 43.6. The summed E-state index contributed by atoms with van der Waals surface area (Å²) in [7, 11) is -1.99. The molecule has 0 aliphatic carbocycles. The van der Waals surface area contributed by atoms with E-state index >= 15 is 0 Å². The van der Waals surface area contributed by atoms with Gasteiger partial charge in [0.2, 0.25) is 5.91 Å². The van der Waals surface area contributed by atoms with Gasteiger partial charge in [0, 0.05) is 29.1 Å². The van der Waals surface area contributed by atoms with Crippen LogP contribution in [0.3, 0.4) is 0 Å². The molecule has 1 fully saturated rings. The second-order valence-electron chi connectivity index (χ2n) is 7.45. The summed E-state index contributed by atoms with van der Waals surface area (Å²) in [5, 5.41) is 9.94. The highest BCUT2D eigenvalue weighted by Gasteiger charge is 2.42. The maximum atomic E-state index is 12.7. The van der Waals surface area contributed by atoms with Crippen LogP contribution in [0.1, 0.15) is 37.6 Å². The number of amides is 2. The summed E-state index contributed by atoms with van der Waals surface area (Å²) in [5.74, 6) is -0.967. The number of hydrogen-bond acceptors (Lipinski definition) is 10. The van der Waals surface area contributed by atoms with Gasteiger partial charge in [-0.25, -0.2) is 0 Å². The minimum absolute atomic E-state index is 0.0540. The number of ether oxygens (including phenoxy) is 1. The number of nitrogens with zero attached hydrogens (tertiary/aromatic N) is 2. The Labute approximate surface area is 219 Å². The Morgan fingerprint density at radius 2 is 1.86 bits per heavy atom. The number of thioether (sulfide) groups is 2. The summed E-state index contributed by atoms with van der Waals surface area (Å²) < 4.78 is 34.3. The highest BCUT2D eigenvalue weighted by atomic mass is 32.3. The molecule has 2 amide bonds. The van der Waals surface area contributed by atoms with Gasteiger partial charge in [-0.1, -0.05) is 23.5 Å². The van der Waals surface area contributed by atoms with Crippen LogP contribution in [0.5, 0.6) is 0 Å². The van der Waals surface area contributed by atoms with E-state index in [0.29, 0.717) is 10.7 Å². The van der Waals surface area contributed by atoms with Gasteiger partial charge < -0.3 is 20.4 Å². The molecule has 2 unspecified atom stereocenters. The molecular weight excluding hydrogens is 532 g/mol. The number of carbonyl (C=O) groups is 3. The van der Waals surface area contributed by atoms with E-state index in [9.17, 15) is 22.8 Å². The van der Waals surface area contributed by atoms with Gasteiger partial charge in [-0.15, -0.1) is 0 Å². The molecule has 15 heteroatoms. The number of esters is 1. The lowest BCUT2D eigenvalue weighted by molar-refractivity contribution is -0.140. The third-order valence-corrected chi connectivity index (χ3v) is 7.16. The number of methoxy groups -OCH3 is 1. The Morgan fingerprint density at radius 3 is 2.33 bits per heavy atom. The first-order valence-corrected chi connectivity index (χ1v) is 13.7. The molecule has 1 aromatic rings. The van der Waals surface area contributed by atoms with Crippen molar-refractivity contribution in [1.82, 2.24) is 10.2 Å². The normalized spacial score (nSPS) is 18.4. The van der Waals surface area contributed by atoms with Crippen molar-refractivity contribution < 1.29 is 36.3 Å². The average Bonchev–Trinajstić information content (AvgIpc) is 3.15. The van der Waals surface area contributed by atoms with Crippen molar-refractivity contribution in [3.8, 4) is 0 Å². The summed E-state index contributed by atoms with van der Waals surface area (Å²) in [6.45, 7) is 6.09. The molecule has 0 radical (unpaired) electrons. The van der Waals surface area contributed by atoms with Crippen molar-refractivity contribution in [2.75, 3.05) is 20.8 Å². The SMILES string of the molecule is COC(=O)CCNC(=O)C1SC(=NC(=O)c2ccc(SC=N)cc2)N(C(C)C)C1C.COS(=O)(=O)O. The Kier molecular flexibility index (Phi) is 13.1. The number of carbonyl (C=O) groups excluding carboxylic acids is 3. The second kappa shape index (κ2) is 14.9. The zero-order valence-electron chi connectivity index (χ0n) is 20.5. The number of aliphatic imine (C=N–C) groups is 1. The molecule has 0 aromatic heterocycles. The molecule has 12 nitrogen and oxygen atoms in total. The molecule has 3 N–H and O–H groups in total. The third kappa shape index (κ3) is 10.3. The summed E-state index contributed by atoms with van der Waals surface area (Å²) in [6, 6.07) is 6.79. The fraction of sp³-hybridized carbons (Fsp3) is 0.476. The zero-order valence-corrected chi connectivity index (χ0v) is 22.9. The van der Waals surface area contributed by atoms with Gasteiger partial charge in [0.15, 0.2) is 5.17 Å². The van der Waals surface area contributed by atoms with Gasteiger partial charge in [0.25, 0.3) is 5.91 Å². The second-order valence-corrected chi connectivity index (χ2v) is 10.7. The van der Waals surface area contributed by atoms with Crippen molar-refractivity contribution >= 4 is 62.4 Å². The van der Waals surface area contributed by atoms with Crippen LogP contribution < -0.4 is 5.32 Å². The molecule has 1 aliphatic heterocycles. The first-order chi connectivity index (χ1) is 16.8. The lowest BCUT2D eigenvalue weighted by Gasteiger charge is -2.28. The van der Waals surface area contributed by atoms with Crippen molar-refractivity contribution in [1.29, 1.82) is 5.41 Å². The maximum Gasteiger partial charge on any atom is 0.397 e. The Hall–Kier alpha value is -2.46. The van der Waals surface area contributed by atoms with Crippen LogP contribution in [0.15, 0.2) is 34.2 Å². The van der Waals surface area contributed by atoms with Crippen LogP contribution in [0.25, 0.3) is 0 Å². The quantitative estimate of drug-likeness (QED) is 0.132. The van der Waals surface area contributed by atoms with Gasteiger partial charge in [-0.05, 0) is 45.0 Å². The van der Waals surface area contributed by atoms with Gasteiger partial charge in [-0.3, -0.25) is 23.1 Å². The Balaban J connectivity index is 0.000000960. The van der Waals surface area contributed by atoms with Crippen molar-refractivity contribution in [3.05, 3.63) is 29.8 Å². The van der Waals surface area contributed by atoms with Crippen LogP contribution in [0.4, 0.5) is 0 Å². The van der Waals surface area contributed by atoms with Gasteiger partial charge in [0.1, 0.15) is 5.25 Å². The molecule has 1 aliphatic rings. The molecular formula is C21H30N4O8S3. The lowest BCUT2D eigenvalue weighted by atomic mass is 10.1. The van der Waals surface area contributed by atoms with Crippen molar-refractivity contribution in [2.45, 2.75) is 49.4 Å². The maximum absolute atomic E-state index is 12.7. The number of hydrogen-bond donors (Lipinski definition) is 3. The van der Waals surface area contributed by atoms with Crippen LogP contribution >= 0.6 is 23.5 Å². The van der Waals surface area contributed by atoms with E-state index in [2.05, 4.69) is 19.2 Å². The number of nitrogens with one attached hydrogen (secondary N) is 2. The Bertz CT molecular complexity index is 1060. The van der Waals surface area contributed by atoms with E-state index in [0.717, 1.165) is 12.0 Å². The minimum Gasteiger partial charge on any atom is -0.469 e. The summed E-state index contributed by atoms with van der Waals surface area (Å²) in [6.07, 6.45) is 0.105. The summed E-state index contributed by atoms with van der Waals surface area (Å²) >= 11 is 2.51. The molecule has 0 saturated carbocycles. The molecule has 2 rings (SSSR count). The van der Waals surface area contributed by atoms with E-state index in [-0.39, 0.29) is 42.8 Å². The first kappa shape index (κ1) is 31.6. The zero-order chi connectivity index (χ0) is 27.5. The molecule has 0 bridgehead atoms. The monoisotopic (exact) mass is 562 g/mol. The van der Waals surface area contributed by atoms with E-state index in [1.807, 2.05) is 25.7 Å². The largest absolute Gasteiger partial charge is 0.469 e. The average molecular weight is 563 g/mol. The lowest BCUT2D eigenvalue weighted by Crippen LogP contribution is -2.45. The van der Waals surface area contributed by atoms with Crippen LogP contribution in [-0.4, -0.2) is 84.5 Å². The number of benzene rings is 1. The molecule has 1 heterocycles. The number of rotatable bonds is 9. The molecule has 36 heavy (non-hydrogen) atoms. The smallest absolute Gasteiger partial charge is 0.397 e. The predicted molar refractivity (Wildman–Crippen MR) is 139 cm³/mol. The van der Waals surface area contributed by atoms with Crippen LogP contribution in [-0.2, 0) is 28.9 Å². The van der Waals surface area contributed by atoms with E-state index in [1.165, 1.54) is 36.2 Å². The highest BCUT2D eigenvalue weighted by molar-refractivity contribution is 8.15. The molecule has 200 valence electrons. The molecule has 1 saturated heterocycles.